The fraction of sp³-hybridized carbons (Fsp3) is 0.698. The molecule has 0 radical (unpaired) electrons. The van der Waals surface area contributed by atoms with Crippen LogP contribution >= 0.6 is 7.82 Å². The first-order chi connectivity index (χ1) is 37.0. The summed E-state index contributed by atoms with van der Waals surface area (Å²) in [7, 11) is -5.01. The summed E-state index contributed by atoms with van der Waals surface area (Å²) in [5, 5.41) is 36.1. The molecule has 0 spiro atoms. The van der Waals surface area contributed by atoms with Gasteiger partial charge in [-0.3, -0.25) is 57.6 Å². The summed E-state index contributed by atoms with van der Waals surface area (Å²) < 4.78 is 28.4. The molecule has 6 heterocycles. The molecule has 444 valence electrons. The highest BCUT2D eigenvalue weighted by molar-refractivity contribution is 7.47. The van der Waals surface area contributed by atoms with Crippen LogP contribution < -0.4 is 45.0 Å². The van der Waals surface area contributed by atoms with E-state index in [0.29, 0.717) is 45.4 Å². The Balaban J connectivity index is 1.57. The van der Waals surface area contributed by atoms with E-state index in [9.17, 15) is 58.3 Å². The number of nitrogens with two attached hydrogens (primary N) is 6. The largest absolute Gasteiger partial charge is 0.472 e. The van der Waals surface area contributed by atoms with E-state index < -0.39 is 143 Å². The molecule has 0 aliphatic carbocycles. The van der Waals surface area contributed by atoms with Crippen LogP contribution in [0.1, 0.15) is 133 Å². The standard InChI is InChI=1S/C53H82N11O15P/c1-24(78-80(75,76)79-44-32(23-65)77-48(74)43(44)73)22-60-40(72)16-17-50(6)30(18-37(57)69)47-53(9)52(8,21-39(59)71)29(12-15-36(56)68)42(64-53)26(3)46-51(7,20-38(58)70)27(10-13-34(54)66)31(61-46)19-33-49(4,5)28(11-14-35(55)67)41(62-33)25(2)45(50)63-47/h19,24,27-30,32,43-44,47-48,61,65,73-74H,10-18,20-23H2,1-9H3,(H2,54,66)(H2,55,67)(H2,56,68)(H2,57,69)(H2,58,70)(H2,59,71)(H,60,72)(H,75,76)/b31-19-,41-25-,46-26-/t24-,27-,28-,29-,30+,32-,43-,44-,47?,48+,50-,51+,52+,53-/m1/s1. The molecule has 6 aliphatic heterocycles. The van der Waals surface area contributed by atoms with Gasteiger partial charge in [-0.1, -0.05) is 34.6 Å². The van der Waals surface area contributed by atoms with Crippen molar-refractivity contribution in [2.75, 3.05) is 13.2 Å². The summed E-state index contributed by atoms with van der Waals surface area (Å²) >= 11 is 0. The molecule has 18 N–H and O–H groups in total. The van der Waals surface area contributed by atoms with Crippen LogP contribution in [0.3, 0.4) is 0 Å². The van der Waals surface area contributed by atoms with Crippen molar-refractivity contribution >= 4 is 66.3 Å². The molecular weight excluding hydrogens is 1060 g/mol. The van der Waals surface area contributed by atoms with E-state index in [1.54, 1.807) is 6.92 Å². The first kappa shape index (κ1) is 63.5. The van der Waals surface area contributed by atoms with Gasteiger partial charge >= 0.3 is 7.82 Å². The van der Waals surface area contributed by atoms with E-state index in [4.69, 9.17) is 63.2 Å². The molecule has 2 fully saturated rings. The summed E-state index contributed by atoms with van der Waals surface area (Å²) in [5.41, 5.74) is 33.9. The lowest BCUT2D eigenvalue weighted by molar-refractivity contribution is -0.133. The molecule has 26 nitrogen and oxygen atoms in total. The number of amides is 7. The first-order valence-corrected chi connectivity index (χ1v) is 28.4. The Bertz CT molecular complexity index is 2800. The molecular formula is C53H82N11O15P. The Labute approximate surface area is 465 Å². The van der Waals surface area contributed by atoms with Crippen molar-refractivity contribution in [3.8, 4) is 0 Å². The number of phosphoric acid groups is 1. The number of rotatable bonds is 25. The van der Waals surface area contributed by atoms with Crippen LogP contribution in [-0.2, 0) is 51.9 Å². The van der Waals surface area contributed by atoms with Gasteiger partial charge in [-0.2, -0.15) is 0 Å². The van der Waals surface area contributed by atoms with Crippen LogP contribution in [0.5, 0.6) is 0 Å². The maximum atomic E-state index is 14.1. The number of ether oxygens (including phenoxy) is 1. The topological polar surface area (TPSA) is 462 Å². The lowest BCUT2D eigenvalue weighted by Crippen LogP contribution is -2.56. The third-order valence-corrected chi connectivity index (χ3v) is 19.3. The van der Waals surface area contributed by atoms with E-state index >= 15 is 0 Å². The number of hydrogen-bond acceptors (Lipinski definition) is 18. The first-order valence-electron chi connectivity index (χ1n) is 26.9. The number of nitrogens with one attached hydrogen (secondary N) is 2. The van der Waals surface area contributed by atoms with Crippen LogP contribution in [0.4, 0.5) is 0 Å². The van der Waals surface area contributed by atoms with Crippen molar-refractivity contribution in [1.82, 2.24) is 10.6 Å². The molecule has 6 rings (SSSR count). The molecule has 0 aromatic carbocycles. The molecule has 6 aliphatic rings. The molecule has 27 heteroatoms. The number of aliphatic imine (C=N–C) groups is 3. The van der Waals surface area contributed by atoms with E-state index in [0.717, 1.165) is 0 Å². The highest BCUT2D eigenvalue weighted by Gasteiger charge is 2.66. The molecule has 8 bridgehead atoms. The summed E-state index contributed by atoms with van der Waals surface area (Å²) in [5.74, 6) is -7.21. The third kappa shape index (κ3) is 12.4. The number of carbonyl (C=O) groups excluding carboxylic acids is 7. The van der Waals surface area contributed by atoms with Gasteiger partial charge in [0.25, 0.3) is 0 Å². The second-order valence-corrected chi connectivity index (χ2v) is 25.4. The van der Waals surface area contributed by atoms with E-state index in [-0.39, 0.29) is 77.2 Å². The van der Waals surface area contributed by atoms with Gasteiger partial charge in [0.2, 0.25) is 41.4 Å². The van der Waals surface area contributed by atoms with Gasteiger partial charge in [-0.25, -0.2) is 4.57 Å². The zero-order valence-electron chi connectivity index (χ0n) is 47.1. The number of carbonyl (C=O) groups is 7. The summed E-state index contributed by atoms with van der Waals surface area (Å²) in [6, 6.07) is -1.04. The minimum absolute atomic E-state index is 0.0156. The van der Waals surface area contributed by atoms with Gasteiger partial charge in [0.05, 0.1) is 24.3 Å². The molecule has 2 unspecified atom stereocenters. The lowest BCUT2D eigenvalue weighted by Gasteiger charge is -2.48. The lowest BCUT2D eigenvalue weighted by atomic mass is 9.55. The Morgan fingerprint density at radius 1 is 0.800 bits per heavy atom. The molecule has 0 aromatic rings. The highest BCUT2D eigenvalue weighted by Crippen LogP contribution is 2.62. The fourth-order valence-corrected chi connectivity index (χ4v) is 14.9. The van der Waals surface area contributed by atoms with E-state index in [1.807, 2.05) is 54.5 Å². The third-order valence-electron chi connectivity index (χ3n) is 18.1. The van der Waals surface area contributed by atoms with Crippen molar-refractivity contribution < 1.29 is 72.1 Å². The maximum Gasteiger partial charge on any atom is 0.472 e. The SMILES string of the molecule is C/C1=C2N=C(/C=C3\N/C(=C(/C)C4=N[C@](C)(C5N=C1[C@](C)(CCC(=O)NC[C@@H](C)OP(=O)(O)O[C@H]1[C@@H](O)[C@@H](O)O[C@@H]1CO)[C@H]5CC(N)=O)[C@@](C)(CC(N)=O)[C@@H]4CCC(N)=O)[C@@](C)(CC(N)=O)[C@@H]3CCC(N)=O)C(C)(C)[C@@H]/2CCC(N)=O. The van der Waals surface area contributed by atoms with Crippen molar-refractivity contribution in [1.29, 1.82) is 0 Å². The monoisotopic (exact) mass is 1140 g/mol. The Kier molecular flexibility index (Phi) is 18.7. The van der Waals surface area contributed by atoms with Crippen molar-refractivity contribution in [3.05, 3.63) is 34.3 Å². The van der Waals surface area contributed by atoms with Crippen LogP contribution in [0.15, 0.2) is 49.3 Å². The zero-order chi connectivity index (χ0) is 60.0. The average molecular weight is 1140 g/mol. The normalized spacial score (nSPS) is 36.9. The van der Waals surface area contributed by atoms with Crippen molar-refractivity contribution in [3.63, 3.8) is 0 Å². The fourth-order valence-electron chi connectivity index (χ4n) is 13.7. The number of phosphoric ester groups is 1. The molecule has 0 aromatic heterocycles. The van der Waals surface area contributed by atoms with Gasteiger partial charge in [-0.05, 0) is 70.6 Å². The van der Waals surface area contributed by atoms with Gasteiger partial charge in [-0.15, -0.1) is 0 Å². The number of primary amides is 6. The van der Waals surface area contributed by atoms with Crippen LogP contribution in [-0.4, -0.2) is 134 Å². The number of allylic oxidation sites excluding steroid dienone is 6. The average Bonchev–Trinajstić information content (AvgIpc) is 4.19. The molecule has 2 saturated heterocycles. The van der Waals surface area contributed by atoms with Gasteiger partial charge in [0, 0.05) is 131 Å². The number of aliphatic hydroxyl groups is 3. The van der Waals surface area contributed by atoms with E-state index in [2.05, 4.69) is 10.6 Å². The van der Waals surface area contributed by atoms with Crippen LogP contribution in [0, 0.1) is 45.3 Å². The highest BCUT2D eigenvalue weighted by atomic mass is 31.2. The Morgan fingerprint density at radius 3 is 1.93 bits per heavy atom. The van der Waals surface area contributed by atoms with Crippen LogP contribution in [0.25, 0.3) is 0 Å². The van der Waals surface area contributed by atoms with Crippen molar-refractivity contribution in [2.45, 2.75) is 175 Å². The van der Waals surface area contributed by atoms with E-state index in [1.165, 1.54) is 6.92 Å². The smallest absolute Gasteiger partial charge is 0.394 e. The second kappa shape index (κ2) is 23.6. The van der Waals surface area contributed by atoms with Crippen LogP contribution in [0.2, 0.25) is 0 Å². The zero-order valence-corrected chi connectivity index (χ0v) is 48.0. The van der Waals surface area contributed by atoms with Gasteiger partial charge in [0.1, 0.15) is 18.3 Å². The summed E-state index contributed by atoms with van der Waals surface area (Å²) in [6.45, 7) is 15.2. The minimum Gasteiger partial charge on any atom is -0.394 e. The van der Waals surface area contributed by atoms with Gasteiger partial charge < -0.3 is 70.0 Å². The molecule has 15 atom stereocenters. The predicted molar refractivity (Wildman–Crippen MR) is 291 cm³/mol. The summed E-state index contributed by atoms with van der Waals surface area (Å²) in [4.78, 5) is 120. The second-order valence-electron chi connectivity index (χ2n) is 24.0. The number of hydrogen-bond donors (Lipinski definition) is 12. The molecule has 0 saturated carbocycles. The molecule has 7 amide bonds. The molecule has 80 heavy (non-hydrogen) atoms. The Hall–Kier alpha value is -5.73. The number of aliphatic hydroxyl groups excluding tert-OH is 3. The Morgan fingerprint density at radius 2 is 1.38 bits per heavy atom. The summed E-state index contributed by atoms with van der Waals surface area (Å²) in [6.07, 6.45) is -6.79. The number of nitrogens with zero attached hydrogens (tertiary/aromatic N) is 3. The quantitative estimate of drug-likeness (QED) is 0.0548. The van der Waals surface area contributed by atoms with Gasteiger partial charge in [0.15, 0.2) is 6.29 Å². The van der Waals surface area contributed by atoms with Crippen molar-refractivity contribution in [2.24, 2.45) is 94.7 Å². The predicted octanol–water partition coefficient (Wildman–Crippen LogP) is 0.316. The number of fused-ring (bicyclic) bond motifs is 6. The maximum absolute atomic E-state index is 14.1. The minimum atomic E-state index is -5.01.